The van der Waals surface area contributed by atoms with E-state index >= 15 is 0 Å². The molecule has 158 valence electrons. The van der Waals surface area contributed by atoms with E-state index in [0.29, 0.717) is 30.6 Å². The zero-order chi connectivity index (χ0) is 21.7. The molecule has 0 saturated carbocycles. The summed E-state index contributed by atoms with van der Waals surface area (Å²) in [5.41, 5.74) is 1.98. The first-order chi connectivity index (χ1) is 14.3. The van der Waals surface area contributed by atoms with Gasteiger partial charge >= 0.3 is 6.03 Å². The number of carbonyl (C=O) groups is 1. The molecule has 3 aromatic carbocycles. The number of hydrogen-bond acceptors (Lipinski definition) is 3. The summed E-state index contributed by atoms with van der Waals surface area (Å²) in [5.74, 6) is 0.985. The molecule has 0 aromatic heterocycles. The molecule has 3 rings (SSSR count). The predicted octanol–water partition coefficient (Wildman–Crippen LogP) is 6.20. The van der Waals surface area contributed by atoms with Gasteiger partial charge in [-0.15, -0.1) is 0 Å². The second-order valence-electron chi connectivity index (χ2n) is 8.16. The van der Waals surface area contributed by atoms with Gasteiger partial charge in [-0.25, -0.2) is 4.79 Å². The van der Waals surface area contributed by atoms with Crippen molar-refractivity contribution in [2.24, 2.45) is 0 Å². The highest BCUT2D eigenvalue weighted by Crippen LogP contribution is 2.32. The molecule has 0 fully saturated rings. The number of nitrogens with one attached hydrogen (secondary N) is 2. The molecule has 0 saturated heterocycles. The maximum atomic E-state index is 12.2. The van der Waals surface area contributed by atoms with Crippen molar-refractivity contribution in [2.45, 2.75) is 32.6 Å². The number of anilines is 1. The highest BCUT2D eigenvalue weighted by Gasteiger charge is 2.15. The fourth-order valence-corrected chi connectivity index (χ4v) is 3.60. The highest BCUT2D eigenvalue weighted by atomic mass is 79.9. The van der Waals surface area contributed by atoms with E-state index in [4.69, 9.17) is 4.74 Å². The molecular weight excluding hydrogens is 444 g/mol. The number of carbonyl (C=O) groups excluding carboxylic acids is 1. The molecule has 0 bridgehead atoms. The molecule has 3 N–H and O–H groups in total. The third-order valence-corrected chi connectivity index (χ3v) is 5.43. The topological polar surface area (TPSA) is 70.6 Å². The Morgan fingerprint density at radius 1 is 1.07 bits per heavy atom. The lowest BCUT2D eigenvalue weighted by Gasteiger charge is -2.20. The van der Waals surface area contributed by atoms with Gasteiger partial charge in [0.05, 0.1) is 16.8 Å². The SMILES string of the molecule is CC(C)(C)c1ccc(OCCCNC(=O)Nc2cccc3c(O)cccc23)c(Br)c1. The average Bonchev–Trinajstić information content (AvgIpc) is 2.69. The van der Waals surface area contributed by atoms with Gasteiger partial charge in [0.2, 0.25) is 0 Å². The van der Waals surface area contributed by atoms with Crippen LogP contribution in [0.25, 0.3) is 10.8 Å². The molecule has 30 heavy (non-hydrogen) atoms. The molecule has 0 unspecified atom stereocenters. The summed E-state index contributed by atoms with van der Waals surface area (Å²) < 4.78 is 6.76. The molecule has 5 nitrogen and oxygen atoms in total. The number of halogens is 1. The molecule has 3 aromatic rings. The molecule has 0 radical (unpaired) electrons. The van der Waals surface area contributed by atoms with Gasteiger partial charge in [-0.3, -0.25) is 0 Å². The van der Waals surface area contributed by atoms with Crippen LogP contribution in [-0.4, -0.2) is 24.3 Å². The monoisotopic (exact) mass is 470 g/mol. The Labute approximate surface area is 185 Å². The van der Waals surface area contributed by atoms with Gasteiger partial charge in [-0.1, -0.05) is 51.1 Å². The average molecular weight is 471 g/mol. The summed E-state index contributed by atoms with van der Waals surface area (Å²) in [7, 11) is 0. The number of amides is 2. The maximum absolute atomic E-state index is 12.2. The Morgan fingerprint density at radius 2 is 1.80 bits per heavy atom. The van der Waals surface area contributed by atoms with Crippen molar-refractivity contribution in [1.29, 1.82) is 0 Å². The first kappa shape index (κ1) is 22.0. The van der Waals surface area contributed by atoms with Crippen molar-refractivity contribution in [3.63, 3.8) is 0 Å². The van der Waals surface area contributed by atoms with Crippen LogP contribution in [0, 0.1) is 0 Å². The summed E-state index contributed by atoms with van der Waals surface area (Å²) in [6, 6.07) is 16.5. The Balaban J connectivity index is 1.46. The standard InChI is InChI=1S/C24H27BrN2O3/c1-24(2,3)16-11-12-22(19(25)15-16)30-14-6-13-26-23(29)27-20-9-4-8-18-17(20)7-5-10-21(18)28/h4-5,7-12,15,28H,6,13-14H2,1-3H3,(H2,26,27,29). The van der Waals surface area contributed by atoms with Crippen LogP contribution in [0.15, 0.2) is 59.1 Å². The number of ether oxygens (including phenoxy) is 1. The van der Waals surface area contributed by atoms with Crippen LogP contribution in [0.5, 0.6) is 11.5 Å². The van der Waals surface area contributed by atoms with Crippen molar-refractivity contribution < 1.29 is 14.6 Å². The fraction of sp³-hybridized carbons (Fsp3) is 0.292. The summed E-state index contributed by atoms with van der Waals surface area (Å²) in [6.07, 6.45) is 0.678. The van der Waals surface area contributed by atoms with Gasteiger partial charge in [0.1, 0.15) is 11.5 Å². The molecule has 2 amide bonds. The number of urea groups is 1. The van der Waals surface area contributed by atoms with Crippen LogP contribution < -0.4 is 15.4 Å². The quantitative estimate of drug-likeness (QED) is 0.375. The predicted molar refractivity (Wildman–Crippen MR) is 126 cm³/mol. The van der Waals surface area contributed by atoms with Crippen molar-refractivity contribution in [2.75, 3.05) is 18.5 Å². The van der Waals surface area contributed by atoms with Gasteiger partial charge in [-0.05, 0) is 57.6 Å². The Hall–Kier alpha value is -2.73. The van der Waals surface area contributed by atoms with Gasteiger partial charge < -0.3 is 20.5 Å². The van der Waals surface area contributed by atoms with Crippen LogP contribution in [0.4, 0.5) is 10.5 Å². The lowest BCUT2D eigenvalue weighted by atomic mass is 9.87. The molecule has 0 aliphatic rings. The number of rotatable bonds is 6. The van der Waals surface area contributed by atoms with E-state index in [0.717, 1.165) is 15.6 Å². The summed E-state index contributed by atoms with van der Waals surface area (Å²) in [4.78, 5) is 12.2. The third kappa shape index (κ3) is 5.45. The zero-order valence-corrected chi connectivity index (χ0v) is 19.0. The molecule has 0 aliphatic carbocycles. The molecule has 0 atom stereocenters. The summed E-state index contributed by atoms with van der Waals surface area (Å²) in [6.45, 7) is 7.50. The maximum Gasteiger partial charge on any atom is 0.319 e. The Kier molecular flexibility index (Phi) is 6.87. The normalized spacial score (nSPS) is 11.3. The van der Waals surface area contributed by atoms with Crippen molar-refractivity contribution >= 4 is 38.4 Å². The largest absolute Gasteiger partial charge is 0.507 e. The van der Waals surface area contributed by atoms with E-state index in [9.17, 15) is 9.90 Å². The Morgan fingerprint density at radius 3 is 2.53 bits per heavy atom. The van der Waals surface area contributed by atoms with E-state index < -0.39 is 0 Å². The highest BCUT2D eigenvalue weighted by molar-refractivity contribution is 9.10. The van der Waals surface area contributed by atoms with E-state index in [2.05, 4.69) is 59.5 Å². The van der Waals surface area contributed by atoms with Gasteiger partial charge in [0.15, 0.2) is 0 Å². The number of fused-ring (bicyclic) bond motifs is 1. The van der Waals surface area contributed by atoms with Gasteiger partial charge in [-0.2, -0.15) is 0 Å². The van der Waals surface area contributed by atoms with Crippen LogP contribution >= 0.6 is 15.9 Å². The number of phenols is 1. The minimum Gasteiger partial charge on any atom is -0.507 e. The second-order valence-corrected chi connectivity index (χ2v) is 9.01. The number of aromatic hydroxyl groups is 1. The molecular formula is C24H27BrN2O3. The number of hydrogen-bond donors (Lipinski definition) is 3. The summed E-state index contributed by atoms with van der Waals surface area (Å²) in [5, 5.41) is 17.1. The van der Waals surface area contributed by atoms with E-state index in [1.54, 1.807) is 18.2 Å². The van der Waals surface area contributed by atoms with Crippen molar-refractivity contribution in [3.8, 4) is 11.5 Å². The first-order valence-electron chi connectivity index (χ1n) is 9.94. The molecule has 0 heterocycles. The fourth-order valence-electron chi connectivity index (χ4n) is 3.11. The first-order valence-corrected chi connectivity index (χ1v) is 10.7. The minimum absolute atomic E-state index is 0.0845. The van der Waals surface area contributed by atoms with E-state index in [1.807, 2.05) is 24.3 Å². The van der Waals surface area contributed by atoms with Crippen LogP contribution in [-0.2, 0) is 5.41 Å². The lowest BCUT2D eigenvalue weighted by Crippen LogP contribution is -2.30. The van der Waals surface area contributed by atoms with Gasteiger partial charge in [0.25, 0.3) is 0 Å². The lowest BCUT2D eigenvalue weighted by molar-refractivity contribution is 0.250. The molecule has 6 heteroatoms. The smallest absolute Gasteiger partial charge is 0.319 e. The number of benzene rings is 3. The van der Waals surface area contributed by atoms with E-state index in [1.165, 1.54) is 5.56 Å². The third-order valence-electron chi connectivity index (χ3n) is 4.81. The molecule has 0 spiro atoms. The zero-order valence-electron chi connectivity index (χ0n) is 17.5. The van der Waals surface area contributed by atoms with Gasteiger partial charge in [0, 0.05) is 17.3 Å². The van der Waals surface area contributed by atoms with Crippen LogP contribution in [0.3, 0.4) is 0 Å². The molecule has 0 aliphatic heterocycles. The van der Waals surface area contributed by atoms with Crippen LogP contribution in [0.1, 0.15) is 32.8 Å². The van der Waals surface area contributed by atoms with Crippen molar-refractivity contribution in [1.82, 2.24) is 5.32 Å². The Bertz CT molecular complexity index is 1040. The number of phenolic OH excluding ortho intramolecular Hbond substituents is 1. The van der Waals surface area contributed by atoms with E-state index in [-0.39, 0.29) is 17.2 Å². The minimum atomic E-state index is -0.290. The summed E-state index contributed by atoms with van der Waals surface area (Å²) >= 11 is 3.57. The van der Waals surface area contributed by atoms with Crippen LogP contribution in [0.2, 0.25) is 0 Å². The second kappa shape index (κ2) is 9.39. The van der Waals surface area contributed by atoms with Crippen molar-refractivity contribution in [3.05, 3.63) is 64.6 Å².